The van der Waals surface area contributed by atoms with Crippen LogP contribution in [0.2, 0.25) is 0 Å². The number of benzene rings is 3. The summed E-state index contributed by atoms with van der Waals surface area (Å²) in [5.74, 6) is -1.29. The van der Waals surface area contributed by atoms with Crippen molar-refractivity contribution in [1.29, 1.82) is 0 Å². The summed E-state index contributed by atoms with van der Waals surface area (Å²) >= 11 is 0. The van der Waals surface area contributed by atoms with E-state index >= 15 is 0 Å². The third-order valence-electron chi connectivity index (χ3n) is 7.32. The molecule has 0 saturated heterocycles. The first kappa shape index (κ1) is 36.8. The van der Waals surface area contributed by atoms with Crippen molar-refractivity contribution in [2.24, 2.45) is 0 Å². The molecule has 0 N–H and O–H groups in total. The van der Waals surface area contributed by atoms with E-state index in [2.05, 4.69) is 6.92 Å². The van der Waals surface area contributed by atoms with Gasteiger partial charge in [0.05, 0.1) is 29.9 Å². The molecule has 0 aliphatic heterocycles. The zero-order valence-electron chi connectivity index (χ0n) is 27.7. The van der Waals surface area contributed by atoms with Gasteiger partial charge in [-0.25, -0.2) is 19.2 Å². The molecule has 9 nitrogen and oxygen atoms in total. The Balaban J connectivity index is 1.41. The highest BCUT2D eigenvalue weighted by molar-refractivity contribution is 5.93. The summed E-state index contributed by atoms with van der Waals surface area (Å²) in [4.78, 5) is 49.7. The number of hydrogen-bond donors (Lipinski definition) is 0. The van der Waals surface area contributed by atoms with E-state index in [1.165, 1.54) is 87.6 Å². The molecule has 1 unspecified atom stereocenters. The van der Waals surface area contributed by atoms with Crippen molar-refractivity contribution >= 4 is 23.9 Å². The standard InChI is InChI=1S/C38H46O9/c1-4-6-8-9-10-11-13-26-43-32-20-14-30(15-21-32)37(41)46-34-24-18-31(19-25-34)38(42)47-33-22-16-29(17-23-33)36(40)45-28(3)35(39)44-27-12-7-5-2/h14-25,28H,4-13,26-27H2,1-3H3. The number of unbranched alkanes of at least 4 members (excludes halogenated alkanes) is 8. The molecule has 0 fully saturated rings. The Bertz CT molecular complexity index is 1400. The van der Waals surface area contributed by atoms with Gasteiger partial charge in [-0.1, -0.05) is 65.2 Å². The van der Waals surface area contributed by atoms with Crippen LogP contribution in [0.4, 0.5) is 0 Å². The van der Waals surface area contributed by atoms with Gasteiger partial charge in [0.1, 0.15) is 17.2 Å². The van der Waals surface area contributed by atoms with Crippen LogP contribution >= 0.6 is 0 Å². The monoisotopic (exact) mass is 646 g/mol. The Labute approximate surface area is 277 Å². The number of carbonyl (C=O) groups excluding carboxylic acids is 4. The number of carbonyl (C=O) groups is 4. The molecule has 9 heteroatoms. The maximum Gasteiger partial charge on any atom is 0.347 e. The largest absolute Gasteiger partial charge is 0.494 e. The van der Waals surface area contributed by atoms with E-state index in [4.69, 9.17) is 23.7 Å². The summed E-state index contributed by atoms with van der Waals surface area (Å²) in [6.45, 7) is 6.64. The fourth-order valence-corrected chi connectivity index (χ4v) is 4.51. The number of rotatable bonds is 20. The first-order valence-corrected chi connectivity index (χ1v) is 16.6. The van der Waals surface area contributed by atoms with Gasteiger partial charge in [0, 0.05) is 0 Å². The molecule has 3 aromatic rings. The molecule has 0 aliphatic carbocycles. The fourth-order valence-electron chi connectivity index (χ4n) is 4.51. The summed E-state index contributed by atoms with van der Waals surface area (Å²) in [7, 11) is 0. The van der Waals surface area contributed by atoms with Gasteiger partial charge < -0.3 is 23.7 Å². The maximum absolute atomic E-state index is 12.6. The highest BCUT2D eigenvalue weighted by Gasteiger charge is 2.20. The lowest BCUT2D eigenvalue weighted by Crippen LogP contribution is -2.26. The smallest absolute Gasteiger partial charge is 0.347 e. The first-order chi connectivity index (χ1) is 22.8. The highest BCUT2D eigenvalue weighted by atomic mass is 16.6. The van der Waals surface area contributed by atoms with Crippen LogP contribution in [0.5, 0.6) is 17.2 Å². The third-order valence-corrected chi connectivity index (χ3v) is 7.32. The minimum absolute atomic E-state index is 0.187. The molecule has 0 spiro atoms. The van der Waals surface area contributed by atoms with E-state index in [1.54, 1.807) is 24.3 Å². The van der Waals surface area contributed by atoms with Gasteiger partial charge in [-0.15, -0.1) is 0 Å². The van der Waals surface area contributed by atoms with Gasteiger partial charge in [0.2, 0.25) is 0 Å². The predicted octanol–water partition coefficient (Wildman–Crippen LogP) is 8.53. The molecule has 1 atom stereocenters. The summed E-state index contributed by atoms with van der Waals surface area (Å²) in [6.07, 6.45) is 10.2. The van der Waals surface area contributed by atoms with Gasteiger partial charge in [-0.3, -0.25) is 0 Å². The van der Waals surface area contributed by atoms with Crippen molar-refractivity contribution in [2.45, 2.75) is 91.1 Å². The van der Waals surface area contributed by atoms with Gasteiger partial charge in [0.15, 0.2) is 6.10 Å². The molecule has 0 radical (unpaired) electrons. The Morgan fingerprint density at radius 2 is 0.915 bits per heavy atom. The number of hydrogen-bond acceptors (Lipinski definition) is 9. The van der Waals surface area contributed by atoms with Crippen LogP contribution in [-0.4, -0.2) is 43.2 Å². The Kier molecular flexibility index (Phi) is 16.0. The van der Waals surface area contributed by atoms with Crippen LogP contribution < -0.4 is 14.2 Å². The predicted molar refractivity (Wildman–Crippen MR) is 178 cm³/mol. The molecule has 0 amide bonds. The summed E-state index contributed by atoms with van der Waals surface area (Å²) in [5.41, 5.74) is 0.801. The lowest BCUT2D eigenvalue weighted by atomic mass is 10.1. The minimum atomic E-state index is -1.05. The molecule has 0 heterocycles. The van der Waals surface area contributed by atoms with Gasteiger partial charge >= 0.3 is 23.9 Å². The van der Waals surface area contributed by atoms with Crippen molar-refractivity contribution in [3.8, 4) is 17.2 Å². The Morgan fingerprint density at radius 3 is 1.43 bits per heavy atom. The third kappa shape index (κ3) is 13.3. The number of ether oxygens (including phenoxy) is 5. The van der Waals surface area contributed by atoms with Gasteiger partial charge in [-0.2, -0.15) is 0 Å². The Hall–Kier alpha value is -4.66. The van der Waals surface area contributed by atoms with Crippen LogP contribution in [0.1, 0.15) is 116 Å². The van der Waals surface area contributed by atoms with E-state index < -0.39 is 30.0 Å². The molecular formula is C38H46O9. The van der Waals surface area contributed by atoms with Crippen LogP contribution in [-0.2, 0) is 14.3 Å². The topological polar surface area (TPSA) is 114 Å². The van der Waals surface area contributed by atoms with E-state index in [-0.39, 0.29) is 29.2 Å². The second-order valence-corrected chi connectivity index (χ2v) is 11.2. The van der Waals surface area contributed by atoms with Crippen molar-refractivity contribution in [3.63, 3.8) is 0 Å². The van der Waals surface area contributed by atoms with Crippen LogP contribution in [0.15, 0.2) is 72.8 Å². The molecular weight excluding hydrogens is 600 g/mol. The normalized spacial score (nSPS) is 11.3. The fraction of sp³-hybridized carbons (Fsp3) is 0.421. The first-order valence-electron chi connectivity index (χ1n) is 16.6. The molecule has 47 heavy (non-hydrogen) atoms. The van der Waals surface area contributed by atoms with Crippen LogP contribution in [0, 0.1) is 0 Å². The van der Waals surface area contributed by atoms with E-state index in [9.17, 15) is 19.2 Å². The van der Waals surface area contributed by atoms with Crippen molar-refractivity contribution < 1.29 is 42.9 Å². The molecule has 0 bridgehead atoms. The molecule has 0 saturated carbocycles. The van der Waals surface area contributed by atoms with Gasteiger partial charge in [-0.05, 0) is 92.6 Å². The van der Waals surface area contributed by atoms with Gasteiger partial charge in [0.25, 0.3) is 0 Å². The zero-order valence-corrected chi connectivity index (χ0v) is 27.7. The summed E-state index contributed by atoms with van der Waals surface area (Å²) < 4.78 is 26.9. The zero-order chi connectivity index (χ0) is 33.9. The van der Waals surface area contributed by atoms with E-state index in [1.807, 2.05) is 6.92 Å². The molecule has 252 valence electrons. The molecule has 0 aliphatic rings. The lowest BCUT2D eigenvalue weighted by molar-refractivity contribution is -0.153. The van der Waals surface area contributed by atoms with Crippen molar-refractivity contribution in [2.75, 3.05) is 13.2 Å². The Morgan fingerprint density at radius 1 is 0.511 bits per heavy atom. The quantitative estimate of drug-likeness (QED) is 0.0677. The van der Waals surface area contributed by atoms with Crippen molar-refractivity contribution in [1.82, 2.24) is 0 Å². The summed E-state index contributed by atoms with van der Waals surface area (Å²) in [5, 5.41) is 0. The molecule has 3 aromatic carbocycles. The second-order valence-electron chi connectivity index (χ2n) is 11.2. The van der Waals surface area contributed by atoms with E-state index in [0.717, 1.165) is 32.1 Å². The average Bonchev–Trinajstić information content (AvgIpc) is 3.08. The van der Waals surface area contributed by atoms with Crippen molar-refractivity contribution in [3.05, 3.63) is 89.5 Å². The van der Waals surface area contributed by atoms with E-state index in [0.29, 0.717) is 17.9 Å². The average molecular weight is 647 g/mol. The second kappa shape index (κ2) is 20.5. The highest BCUT2D eigenvalue weighted by Crippen LogP contribution is 2.20. The SMILES string of the molecule is CCCCCCCCCOc1ccc(C(=O)Oc2ccc(C(=O)Oc3ccc(C(=O)OC(C)C(=O)OCCCCC)cc3)cc2)cc1. The molecule has 3 rings (SSSR count). The lowest BCUT2D eigenvalue weighted by Gasteiger charge is -2.13. The molecule has 0 aromatic heterocycles. The maximum atomic E-state index is 12.6. The summed E-state index contributed by atoms with van der Waals surface area (Å²) in [6, 6.07) is 18.6. The minimum Gasteiger partial charge on any atom is -0.494 e. The van der Waals surface area contributed by atoms with Crippen LogP contribution in [0.3, 0.4) is 0 Å². The van der Waals surface area contributed by atoms with Crippen LogP contribution in [0.25, 0.3) is 0 Å². The number of esters is 4.